The first-order chi connectivity index (χ1) is 14.2. The molecule has 0 aliphatic heterocycles. The fourth-order valence-electron chi connectivity index (χ4n) is 4.75. The number of hydrogen-bond acceptors (Lipinski definition) is 4. The highest BCUT2D eigenvalue weighted by Gasteiger charge is 2.23. The number of aliphatic hydroxyl groups excluding tert-OH is 1. The maximum atomic E-state index is 9.19. The lowest BCUT2D eigenvalue weighted by Crippen LogP contribution is -2.33. The van der Waals surface area contributed by atoms with Gasteiger partial charge in [0.1, 0.15) is 5.58 Å². The van der Waals surface area contributed by atoms with Crippen molar-refractivity contribution in [3.05, 3.63) is 36.1 Å². The minimum atomic E-state index is 0.338. The Kier molecular flexibility index (Phi) is 8.19. The summed E-state index contributed by atoms with van der Waals surface area (Å²) in [7, 11) is 2.01. The molecule has 1 fully saturated rings. The second-order valence-corrected chi connectivity index (χ2v) is 8.48. The molecule has 4 nitrogen and oxygen atoms in total. The molecule has 0 bridgehead atoms. The standard InChI is InChI=1S/C25H38N2O2/c1-4-19-10-11-24-22(18-19)25(23(5-2)29-24)27(16-14-26-3)15-12-20-6-8-21(9-7-20)13-17-28/h5,10-11,18,20-21,26,28H,2,4,6-9,12-17H2,1,3H3. The first-order valence-electron chi connectivity index (χ1n) is 11.4. The number of nitrogens with zero attached hydrogens (tertiary/aromatic N) is 1. The van der Waals surface area contributed by atoms with Crippen LogP contribution in [0.4, 0.5) is 5.69 Å². The lowest BCUT2D eigenvalue weighted by Gasteiger charge is -2.31. The van der Waals surface area contributed by atoms with Gasteiger partial charge in [-0.15, -0.1) is 0 Å². The van der Waals surface area contributed by atoms with Gasteiger partial charge in [-0.2, -0.15) is 0 Å². The first-order valence-corrected chi connectivity index (χ1v) is 11.4. The molecule has 0 saturated heterocycles. The van der Waals surface area contributed by atoms with Crippen LogP contribution < -0.4 is 10.2 Å². The number of aliphatic hydroxyl groups is 1. The lowest BCUT2D eigenvalue weighted by molar-refractivity contribution is 0.202. The SMILES string of the molecule is C=Cc1oc2ccc(CC)cc2c1N(CCNC)CCC1CCC(CCO)CC1. The van der Waals surface area contributed by atoms with Crippen molar-refractivity contribution in [1.82, 2.24) is 5.32 Å². The van der Waals surface area contributed by atoms with Gasteiger partial charge in [0.2, 0.25) is 0 Å². The van der Waals surface area contributed by atoms with E-state index in [9.17, 15) is 5.11 Å². The number of hydrogen-bond donors (Lipinski definition) is 2. The van der Waals surface area contributed by atoms with E-state index in [1.54, 1.807) is 0 Å². The summed E-state index contributed by atoms with van der Waals surface area (Å²) in [6, 6.07) is 6.54. The Morgan fingerprint density at radius 1 is 1.17 bits per heavy atom. The highest BCUT2D eigenvalue weighted by atomic mass is 16.3. The largest absolute Gasteiger partial charge is 0.454 e. The molecule has 2 N–H and O–H groups in total. The van der Waals surface area contributed by atoms with E-state index in [4.69, 9.17) is 4.42 Å². The summed E-state index contributed by atoms with van der Waals surface area (Å²) in [5.41, 5.74) is 3.49. The van der Waals surface area contributed by atoms with Gasteiger partial charge in [0, 0.05) is 31.6 Å². The summed E-state index contributed by atoms with van der Waals surface area (Å²) in [6.45, 7) is 9.49. The predicted octanol–water partition coefficient (Wildman–Crippen LogP) is 5.24. The van der Waals surface area contributed by atoms with Crippen LogP contribution in [0.15, 0.2) is 29.2 Å². The van der Waals surface area contributed by atoms with Gasteiger partial charge in [-0.3, -0.25) is 0 Å². The Labute approximate surface area is 176 Å². The third-order valence-corrected chi connectivity index (χ3v) is 6.60. The molecular weight excluding hydrogens is 360 g/mol. The molecule has 1 aromatic carbocycles. The summed E-state index contributed by atoms with van der Waals surface area (Å²) in [5.74, 6) is 2.41. The van der Waals surface area contributed by atoms with E-state index in [0.29, 0.717) is 6.61 Å². The van der Waals surface area contributed by atoms with Gasteiger partial charge in [0.05, 0.1) is 5.69 Å². The van der Waals surface area contributed by atoms with Gasteiger partial charge in [-0.05, 0) is 61.9 Å². The molecule has 1 aliphatic rings. The maximum absolute atomic E-state index is 9.19. The molecule has 160 valence electrons. The summed E-state index contributed by atoms with van der Waals surface area (Å²) in [6.07, 6.45) is 10.2. The van der Waals surface area contributed by atoms with Gasteiger partial charge >= 0.3 is 0 Å². The molecule has 1 aliphatic carbocycles. The Hall–Kier alpha value is -1.78. The third kappa shape index (κ3) is 5.43. The van der Waals surface area contributed by atoms with Crippen molar-refractivity contribution < 1.29 is 9.52 Å². The van der Waals surface area contributed by atoms with Crippen LogP contribution in [0.3, 0.4) is 0 Å². The average Bonchev–Trinajstić information content (AvgIpc) is 3.13. The number of nitrogens with one attached hydrogen (secondary N) is 1. The fraction of sp³-hybridized carbons (Fsp3) is 0.600. The monoisotopic (exact) mass is 398 g/mol. The minimum Gasteiger partial charge on any atom is -0.454 e. The normalized spacial score (nSPS) is 19.6. The van der Waals surface area contributed by atoms with Crippen molar-refractivity contribution in [1.29, 1.82) is 0 Å². The third-order valence-electron chi connectivity index (χ3n) is 6.60. The van der Waals surface area contributed by atoms with Crippen molar-refractivity contribution in [3.8, 4) is 0 Å². The molecular formula is C25H38N2O2. The Balaban J connectivity index is 1.77. The van der Waals surface area contributed by atoms with Crippen molar-refractivity contribution in [3.63, 3.8) is 0 Å². The van der Waals surface area contributed by atoms with E-state index in [1.807, 2.05) is 13.1 Å². The fourth-order valence-corrected chi connectivity index (χ4v) is 4.75. The highest BCUT2D eigenvalue weighted by molar-refractivity contribution is 5.96. The predicted molar refractivity (Wildman–Crippen MR) is 124 cm³/mol. The summed E-state index contributed by atoms with van der Waals surface area (Å²) in [4.78, 5) is 2.50. The number of rotatable bonds is 11. The van der Waals surface area contributed by atoms with Gasteiger partial charge < -0.3 is 19.7 Å². The minimum absolute atomic E-state index is 0.338. The molecule has 0 unspecified atom stereocenters. The van der Waals surface area contributed by atoms with Gasteiger partial charge in [-0.1, -0.05) is 45.3 Å². The second-order valence-electron chi connectivity index (χ2n) is 8.48. The Morgan fingerprint density at radius 3 is 2.52 bits per heavy atom. The number of benzene rings is 1. The van der Waals surface area contributed by atoms with E-state index in [2.05, 4.69) is 41.9 Å². The molecule has 3 rings (SSSR count). The van der Waals surface area contributed by atoms with Crippen LogP contribution in [0.2, 0.25) is 0 Å². The smallest absolute Gasteiger partial charge is 0.150 e. The van der Waals surface area contributed by atoms with Crippen molar-refractivity contribution in [2.45, 2.75) is 51.9 Å². The topological polar surface area (TPSA) is 48.6 Å². The first kappa shape index (κ1) is 21.9. The number of anilines is 1. The molecule has 0 amide bonds. The summed E-state index contributed by atoms with van der Waals surface area (Å²) >= 11 is 0. The molecule has 1 saturated carbocycles. The molecule has 29 heavy (non-hydrogen) atoms. The van der Waals surface area contributed by atoms with Crippen LogP contribution >= 0.6 is 0 Å². The molecule has 0 atom stereocenters. The van der Waals surface area contributed by atoms with Gasteiger partial charge in [0.15, 0.2) is 5.76 Å². The molecule has 1 aromatic heterocycles. The number of aryl methyl sites for hydroxylation is 1. The molecule has 0 radical (unpaired) electrons. The number of likely N-dealkylation sites (N-methyl/N-ethyl adjacent to an activating group) is 1. The molecule has 0 spiro atoms. The molecule has 4 heteroatoms. The second kappa shape index (κ2) is 10.8. The number of furan rings is 1. The summed E-state index contributed by atoms with van der Waals surface area (Å²) < 4.78 is 6.14. The van der Waals surface area contributed by atoms with E-state index in [0.717, 1.165) is 55.7 Å². The van der Waals surface area contributed by atoms with Crippen molar-refractivity contribution in [2.24, 2.45) is 11.8 Å². The van der Waals surface area contributed by atoms with Crippen LogP contribution in [0.1, 0.15) is 56.8 Å². The lowest BCUT2D eigenvalue weighted by atomic mass is 9.79. The zero-order valence-corrected chi connectivity index (χ0v) is 18.3. The van der Waals surface area contributed by atoms with Crippen molar-refractivity contribution >= 4 is 22.7 Å². The van der Waals surface area contributed by atoms with Crippen molar-refractivity contribution in [2.75, 3.05) is 38.2 Å². The number of fused-ring (bicyclic) bond motifs is 1. The van der Waals surface area contributed by atoms with Crippen LogP contribution in [-0.2, 0) is 6.42 Å². The van der Waals surface area contributed by atoms with E-state index in [-0.39, 0.29) is 0 Å². The Morgan fingerprint density at radius 2 is 1.90 bits per heavy atom. The van der Waals surface area contributed by atoms with E-state index < -0.39 is 0 Å². The summed E-state index contributed by atoms with van der Waals surface area (Å²) in [5, 5.41) is 13.7. The molecule has 1 heterocycles. The van der Waals surface area contributed by atoms with E-state index in [1.165, 1.54) is 48.7 Å². The van der Waals surface area contributed by atoms with E-state index >= 15 is 0 Å². The van der Waals surface area contributed by atoms with Crippen LogP contribution in [0, 0.1) is 11.8 Å². The quantitative estimate of drug-likeness (QED) is 0.543. The average molecular weight is 399 g/mol. The highest BCUT2D eigenvalue weighted by Crippen LogP contribution is 2.37. The van der Waals surface area contributed by atoms with Crippen LogP contribution in [0.25, 0.3) is 17.0 Å². The zero-order valence-electron chi connectivity index (χ0n) is 18.3. The van der Waals surface area contributed by atoms with Gasteiger partial charge in [-0.25, -0.2) is 0 Å². The Bertz CT molecular complexity index is 774. The van der Waals surface area contributed by atoms with Gasteiger partial charge in [0.25, 0.3) is 0 Å². The van der Waals surface area contributed by atoms with Crippen LogP contribution in [-0.4, -0.2) is 38.4 Å². The molecule has 2 aromatic rings. The van der Waals surface area contributed by atoms with Crippen LogP contribution in [0.5, 0.6) is 0 Å². The maximum Gasteiger partial charge on any atom is 0.150 e. The zero-order chi connectivity index (χ0) is 20.6.